The van der Waals surface area contributed by atoms with Gasteiger partial charge in [-0.25, -0.2) is 4.98 Å². The Morgan fingerprint density at radius 2 is 2.06 bits per heavy atom. The van der Waals surface area contributed by atoms with E-state index in [1.54, 1.807) is 11.0 Å². The summed E-state index contributed by atoms with van der Waals surface area (Å²) >= 11 is 1.87. The van der Waals surface area contributed by atoms with Gasteiger partial charge in [-0.15, -0.1) is 11.8 Å². The first-order valence-corrected chi connectivity index (χ1v) is 7.06. The van der Waals surface area contributed by atoms with Crippen LogP contribution < -0.4 is 5.32 Å². The molecule has 0 saturated carbocycles. The second-order valence-corrected chi connectivity index (χ2v) is 5.16. The van der Waals surface area contributed by atoms with Crippen LogP contribution in [0.4, 0.5) is 0 Å². The summed E-state index contributed by atoms with van der Waals surface area (Å²) in [6, 6.07) is 10.5. The normalized spacial score (nSPS) is 10.7. The van der Waals surface area contributed by atoms with E-state index in [2.05, 4.69) is 39.7 Å². The molecule has 0 aliphatic carbocycles. The van der Waals surface area contributed by atoms with Crippen molar-refractivity contribution < 1.29 is 0 Å². The standard InChI is InChI=1S/C13H18N4S/c1-17-11-15-13(16-17)7-8-14-9-10-18-12-5-3-2-4-6-12/h2-6,11,14H,7-10H2,1H3. The van der Waals surface area contributed by atoms with Crippen LogP contribution in [0.1, 0.15) is 5.82 Å². The third-order valence-electron chi connectivity index (χ3n) is 2.46. The van der Waals surface area contributed by atoms with Crippen LogP contribution in [-0.4, -0.2) is 33.6 Å². The van der Waals surface area contributed by atoms with Crippen molar-refractivity contribution in [1.82, 2.24) is 20.1 Å². The second kappa shape index (κ2) is 7.18. The first-order chi connectivity index (χ1) is 8.84. The van der Waals surface area contributed by atoms with E-state index in [4.69, 9.17) is 0 Å². The molecular weight excluding hydrogens is 244 g/mol. The Balaban J connectivity index is 1.54. The highest BCUT2D eigenvalue weighted by molar-refractivity contribution is 7.99. The van der Waals surface area contributed by atoms with Crippen LogP contribution in [0.2, 0.25) is 0 Å². The third kappa shape index (κ3) is 4.50. The molecule has 1 aromatic heterocycles. The van der Waals surface area contributed by atoms with Crippen molar-refractivity contribution in [2.24, 2.45) is 7.05 Å². The van der Waals surface area contributed by atoms with Crippen LogP contribution in [0.5, 0.6) is 0 Å². The summed E-state index contributed by atoms with van der Waals surface area (Å²) in [5.74, 6) is 1.99. The van der Waals surface area contributed by atoms with Crippen LogP contribution in [-0.2, 0) is 13.5 Å². The summed E-state index contributed by atoms with van der Waals surface area (Å²) in [6.45, 7) is 1.94. The molecule has 96 valence electrons. The molecular formula is C13H18N4S. The SMILES string of the molecule is Cn1cnc(CCNCCSc2ccccc2)n1. The molecule has 0 saturated heterocycles. The molecule has 1 N–H and O–H groups in total. The number of hydrogen-bond donors (Lipinski definition) is 1. The fourth-order valence-electron chi connectivity index (χ4n) is 1.58. The molecule has 1 aromatic carbocycles. The number of thioether (sulfide) groups is 1. The molecule has 0 atom stereocenters. The lowest BCUT2D eigenvalue weighted by molar-refractivity contribution is 0.684. The summed E-state index contributed by atoms with van der Waals surface area (Å²) in [7, 11) is 1.89. The highest BCUT2D eigenvalue weighted by Gasteiger charge is 1.98. The van der Waals surface area contributed by atoms with E-state index < -0.39 is 0 Å². The zero-order valence-corrected chi connectivity index (χ0v) is 11.4. The van der Waals surface area contributed by atoms with E-state index in [1.807, 2.05) is 24.9 Å². The van der Waals surface area contributed by atoms with E-state index in [0.717, 1.165) is 31.1 Å². The fraction of sp³-hybridized carbons (Fsp3) is 0.385. The lowest BCUT2D eigenvalue weighted by Crippen LogP contribution is -2.20. The van der Waals surface area contributed by atoms with Crippen LogP contribution in [0.25, 0.3) is 0 Å². The quantitative estimate of drug-likeness (QED) is 0.610. The number of hydrogen-bond acceptors (Lipinski definition) is 4. The Hall–Kier alpha value is -1.33. The Labute approximate surface area is 112 Å². The van der Waals surface area contributed by atoms with Crippen molar-refractivity contribution in [2.75, 3.05) is 18.8 Å². The molecule has 0 bridgehead atoms. The molecule has 18 heavy (non-hydrogen) atoms. The van der Waals surface area contributed by atoms with Crippen LogP contribution in [0, 0.1) is 0 Å². The Morgan fingerprint density at radius 1 is 1.22 bits per heavy atom. The van der Waals surface area contributed by atoms with Crippen molar-refractivity contribution in [2.45, 2.75) is 11.3 Å². The van der Waals surface area contributed by atoms with Gasteiger partial charge in [0.1, 0.15) is 6.33 Å². The predicted octanol–water partition coefficient (Wildman–Crippen LogP) is 1.74. The molecule has 4 nitrogen and oxygen atoms in total. The topological polar surface area (TPSA) is 42.7 Å². The molecule has 5 heteroatoms. The summed E-state index contributed by atoms with van der Waals surface area (Å²) in [5.41, 5.74) is 0. The van der Waals surface area contributed by atoms with E-state index in [9.17, 15) is 0 Å². The maximum Gasteiger partial charge on any atom is 0.151 e. The van der Waals surface area contributed by atoms with Gasteiger partial charge in [0, 0.05) is 37.2 Å². The van der Waals surface area contributed by atoms with E-state index in [1.165, 1.54) is 4.90 Å². The number of aryl methyl sites for hydroxylation is 1. The average Bonchev–Trinajstić information content (AvgIpc) is 2.81. The van der Waals surface area contributed by atoms with Crippen LogP contribution in [0.15, 0.2) is 41.6 Å². The predicted molar refractivity (Wildman–Crippen MR) is 74.7 cm³/mol. The largest absolute Gasteiger partial charge is 0.315 e. The van der Waals surface area contributed by atoms with Crippen molar-refractivity contribution in [3.05, 3.63) is 42.5 Å². The Bertz CT molecular complexity index is 455. The van der Waals surface area contributed by atoms with Crippen molar-refractivity contribution in [3.63, 3.8) is 0 Å². The summed E-state index contributed by atoms with van der Waals surface area (Å²) in [6.07, 6.45) is 2.62. The lowest BCUT2D eigenvalue weighted by Gasteiger charge is -2.03. The summed E-state index contributed by atoms with van der Waals surface area (Å²) in [5, 5.41) is 7.64. The number of benzene rings is 1. The van der Waals surface area contributed by atoms with E-state index >= 15 is 0 Å². The van der Waals surface area contributed by atoms with Gasteiger partial charge < -0.3 is 5.32 Å². The van der Waals surface area contributed by atoms with Crippen molar-refractivity contribution >= 4 is 11.8 Å². The Morgan fingerprint density at radius 3 is 2.78 bits per heavy atom. The van der Waals surface area contributed by atoms with Gasteiger partial charge in [-0.1, -0.05) is 18.2 Å². The lowest BCUT2D eigenvalue weighted by atomic mass is 10.4. The second-order valence-electron chi connectivity index (χ2n) is 4.00. The van der Waals surface area contributed by atoms with Gasteiger partial charge >= 0.3 is 0 Å². The molecule has 0 amide bonds. The molecule has 1 heterocycles. The van der Waals surface area contributed by atoms with Gasteiger partial charge in [-0.3, -0.25) is 4.68 Å². The third-order valence-corrected chi connectivity index (χ3v) is 3.48. The highest BCUT2D eigenvalue weighted by Crippen LogP contribution is 2.15. The zero-order chi connectivity index (χ0) is 12.6. The van der Waals surface area contributed by atoms with Gasteiger partial charge in [-0.05, 0) is 12.1 Å². The van der Waals surface area contributed by atoms with Crippen LogP contribution >= 0.6 is 11.8 Å². The van der Waals surface area contributed by atoms with E-state index in [-0.39, 0.29) is 0 Å². The number of nitrogens with one attached hydrogen (secondary N) is 1. The van der Waals surface area contributed by atoms with Gasteiger partial charge in [0.25, 0.3) is 0 Å². The van der Waals surface area contributed by atoms with Crippen molar-refractivity contribution in [1.29, 1.82) is 0 Å². The van der Waals surface area contributed by atoms with Gasteiger partial charge in [0.05, 0.1) is 0 Å². The Kier molecular flexibility index (Phi) is 5.23. The first kappa shape index (κ1) is 13.1. The molecule has 0 unspecified atom stereocenters. The molecule has 2 rings (SSSR count). The molecule has 0 radical (unpaired) electrons. The molecule has 0 aliphatic rings. The van der Waals surface area contributed by atoms with Gasteiger partial charge in [0.2, 0.25) is 0 Å². The molecule has 0 spiro atoms. The van der Waals surface area contributed by atoms with Crippen molar-refractivity contribution in [3.8, 4) is 0 Å². The van der Waals surface area contributed by atoms with Crippen LogP contribution in [0.3, 0.4) is 0 Å². The highest BCUT2D eigenvalue weighted by atomic mass is 32.2. The number of nitrogens with zero attached hydrogens (tertiary/aromatic N) is 3. The maximum atomic E-state index is 4.24. The average molecular weight is 262 g/mol. The molecule has 0 aliphatic heterocycles. The first-order valence-electron chi connectivity index (χ1n) is 6.07. The molecule has 2 aromatic rings. The smallest absolute Gasteiger partial charge is 0.151 e. The minimum Gasteiger partial charge on any atom is -0.315 e. The van der Waals surface area contributed by atoms with Gasteiger partial charge in [-0.2, -0.15) is 5.10 Å². The van der Waals surface area contributed by atoms with Gasteiger partial charge in [0.15, 0.2) is 5.82 Å². The van der Waals surface area contributed by atoms with E-state index in [0.29, 0.717) is 0 Å². The monoisotopic (exact) mass is 262 g/mol. The minimum absolute atomic E-state index is 0.886. The number of rotatable bonds is 7. The maximum absolute atomic E-state index is 4.24. The zero-order valence-electron chi connectivity index (χ0n) is 10.5. The number of aromatic nitrogens is 3. The minimum atomic E-state index is 0.886. The summed E-state index contributed by atoms with van der Waals surface area (Å²) in [4.78, 5) is 5.51. The fourth-order valence-corrected chi connectivity index (χ4v) is 2.41. The summed E-state index contributed by atoms with van der Waals surface area (Å²) < 4.78 is 1.74. The molecule has 0 fully saturated rings.